The third-order valence-electron chi connectivity index (χ3n) is 3.12. The number of anilines is 1. The maximum absolute atomic E-state index is 13.4. The molecule has 1 amide bonds. The Kier molecular flexibility index (Phi) is 5.75. The van der Waals surface area contributed by atoms with Crippen LogP contribution >= 0.6 is 11.8 Å². The maximum Gasteiger partial charge on any atom is 0.230 e. The highest BCUT2D eigenvalue weighted by Crippen LogP contribution is 2.17. The number of allylic oxidation sites excluding steroid dienone is 1. The molecule has 122 valence electrons. The van der Waals surface area contributed by atoms with Crippen LogP contribution in [0.15, 0.2) is 36.0 Å². The van der Waals surface area contributed by atoms with Crippen molar-refractivity contribution < 1.29 is 9.18 Å². The number of nitrogens with one attached hydrogen (secondary N) is 1. The van der Waals surface area contributed by atoms with Crippen molar-refractivity contribution in [3.05, 3.63) is 47.8 Å². The number of thioether (sulfide) groups is 1. The number of carbonyl (C=O) groups is 1. The second-order valence-corrected chi connectivity index (χ2v) is 5.83. The maximum atomic E-state index is 13.4. The zero-order valence-electron chi connectivity index (χ0n) is 12.8. The standard InChI is InChI=1S/C15H18FN5OS/c1-3-6-21-14(17)19-20-15(21)23-9-13(22)18-8-11-5-4-10(2)12(16)7-11/h3-5,7H,1,6,8-9H2,2H3,(H2,17,19)(H,18,22). The van der Waals surface area contributed by atoms with E-state index in [9.17, 15) is 9.18 Å². The second kappa shape index (κ2) is 7.77. The normalized spacial score (nSPS) is 10.5. The average Bonchev–Trinajstić information content (AvgIpc) is 2.87. The third kappa shape index (κ3) is 4.56. The first-order chi connectivity index (χ1) is 11.0. The van der Waals surface area contributed by atoms with Crippen LogP contribution in [0.1, 0.15) is 11.1 Å². The van der Waals surface area contributed by atoms with Gasteiger partial charge in [-0.3, -0.25) is 9.36 Å². The SMILES string of the molecule is C=CCn1c(N)nnc1SCC(=O)NCc1ccc(C)c(F)c1. The van der Waals surface area contributed by atoms with Crippen molar-refractivity contribution in [2.24, 2.45) is 0 Å². The van der Waals surface area contributed by atoms with Crippen LogP contribution in [0.25, 0.3) is 0 Å². The number of benzene rings is 1. The quantitative estimate of drug-likeness (QED) is 0.596. The van der Waals surface area contributed by atoms with Crippen LogP contribution in [0.4, 0.5) is 10.3 Å². The number of carbonyl (C=O) groups excluding carboxylic acids is 1. The van der Waals surface area contributed by atoms with Crippen LogP contribution in [-0.2, 0) is 17.9 Å². The van der Waals surface area contributed by atoms with Crippen molar-refractivity contribution in [3.8, 4) is 0 Å². The number of hydrogen-bond donors (Lipinski definition) is 2. The van der Waals surface area contributed by atoms with Gasteiger partial charge in [0, 0.05) is 13.1 Å². The minimum atomic E-state index is -0.279. The first-order valence-electron chi connectivity index (χ1n) is 6.95. The van der Waals surface area contributed by atoms with Crippen molar-refractivity contribution in [1.29, 1.82) is 0 Å². The highest BCUT2D eigenvalue weighted by atomic mass is 32.2. The second-order valence-electron chi connectivity index (χ2n) is 4.89. The van der Waals surface area contributed by atoms with E-state index in [0.29, 0.717) is 22.8 Å². The highest BCUT2D eigenvalue weighted by Gasteiger charge is 2.11. The fourth-order valence-corrected chi connectivity index (χ4v) is 2.62. The van der Waals surface area contributed by atoms with Crippen molar-refractivity contribution in [2.45, 2.75) is 25.2 Å². The van der Waals surface area contributed by atoms with E-state index in [-0.39, 0.29) is 30.0 Å². The summed E-state index contributed by atoms with van der Waals surface area (Å²) in [7, 11) is 0. The van der Waals surface area contributed by atoms with Gasteiger partial charge in [-0.2, -0.15) is 0 Å². The molecule has 1 heterocycles. The summed E-state index contributed by atoms with van der Waals surface area (Å²) in [5.41, 5.74) is 6.98. The first kappa shape index (κ1) is 17.0. The Bertz CT molecular complexity index is 716. The summed E-state index contributed by atoms with van der Waals surface area (Å²) in [4.78, 5) is 11.9. The van der Waals surface area contributed by atoms with Gasteiger partial charge in [0.15, 0.2) is 5.16 Å². The Labute approximate surface area is 138 Å². The molecule has 8 heteroatoms. The molecular weight excluding hydrogens is 317 g/mol. The largest absolute Gasteiger partial charge is 0.368 e. The van der Waals surface area contributed by atoms with Gasteiger partial charge in [-0.15, -0.1) is 16.8 Å². The Morgan fingerprint density at radius 2 is 2.30 bits per heavy atom. The summed E-state index contributed by atoms with van der Waals surface area (Å²) >= 11 is 1.23. The number of nitrogens with zero attached hydrogens (tertiary/aromatic N) is 3. The topological polar surface area (TPSA) is 85.8 Å². The molecule has 1 aromatic heterocycles. The Hall–Kier alpha value is -2.35. The number of rotatable bonds is 7. The summed E-state index contributed by atoms with van der Waals surface area (Å²) in [5, 5.41) is 11.0. The molecule has 0 fully saturated rings. The van der Waals surface area contributed by atoms with Crippen LogP contribution in [0, 0.1) is 12.7 Å². The number of nitrogens with two attached hydrogens (primary N) is 1. The van der Waals surface area contributed by atoms with E-state index in [1.54, 1.807) is 29.7 Å². The minimum absolute atomic E-state index is 0.170. The molecular formula is C15H18FN5OS. The number of nitrogen functional groups attached to an aromatic ring is 1. The molecule has 23 heavy (non-hydrogen) atoms. The van der Waals surface area contributed by atoms with Crippen molar-refractivity contribution in [1.82, 2.24) is 20.1 Å². The zero-order chi connectivity index (χ0) is 16.8. The molecule has 0 aliphatic heterocycles. The lowest BCUT2D eigenvalue weighted by atomic mass is 10.1. The van der Waals surface area contributed by atoms with Crippen LogP contribution in [-0.4, -0.2) is 26.4 Å². The Morgan fingerprint density at radius 1 is 1.52 bits per heavy atom. The first-order valence-corrected chi connectivity index (χ1v) is 7.94. The van der Waals surface area contributed by atoms with Gasteiger partial charge in [0.1, 0.15) is 5.82 Å². The van der Waals surface area contributed by atoms with E-state index in [1.807, 2.05) is 0 Å². The number of halogens is 1. The predicted molar refractivity (Wildman–Crippen MR) is 88.3 cm³/mol. The van der Waals surface area contributed by atoms with Gasteiger partial charge in [-0.25, -0.2) is 4.39 Å². The predicted octanol–water partition coefficient (Wildman–Crippen LogP) is 1.90. The molecule has 1 aromatic carbocycles. The number of hydrogen-bond acceptors (Lipinski definition) is 5. The summed E-state index contributed by atoms with van der Waals surface area (Å²) in [6, 6.07) is 4.89. The summed E-state index contributed by atoms with van der Waals surface area (Å²) < 4.78 is 15.1. The van der Waals surface area contributed by atoms with E-state index in [1.165, 1.54) is 17.8 Å². The fourth-order valence-electron chi connectivity index (χ4n) is 1.84. The molecule has 0 radical (unpaired) electrons. The summed E-state index contributed by atoms with van der Waals surface area (Å²) in [6.45, 7) is 6.09. The third-order valence-corrected chi connectivity index (χ3v) is 4.08. The molecule has 3 N–H and O–H groups in total. The molecule has 0 spiro atoms. The minimum Gasteiger partial charge on any atom is -0.368 e. The molecule has 0 aliphatic rings. The van der Waals surface area contributed by atoms with Crippen LogP contribution in [0.3, 0.4) is 0 Å². The molecule has 0 saturated carbocycles. The number of amides is 1. The van der Waals surface area contributed by atoms with Gasteiger partial charge in [0.25, 0.3) is 0 Å². The van der Waals surface area contributed by atoms with Gasteiger partial charge in [-0.1, -0.05) is 30.0 Å². The van der Waals surface area contributed by atoms with E-state index in [4.69, 9.17) is 5.73 Å². The van der Waals surface area contributed by atoms with E-state index in [2.05, 4.69) is 22.1 Å². The Morgan fingerprint density at radius 3 is 3.00 bits per heavy atom. The smallest absolute Gasteiger partial charge is 0.230 e. The number of aromatic nitrogens is 3. The average molecular weight is 335 g/mol. The van der Waals surface area contributed by atoms with Gasteiger partial charge in [0.2, 0.25) is 11.9 Å². The Balaban J connectivity index is 1.85. The molecule has 2 rings (SSSR count). The lowest BCUT2D eigenvalue weighted by Crippen LogP contribution is -2.24. The van der Waals surface area contributed by atoms with Crippen LogP contribution < -0.4 is 11.1 Å². The van der Waals surface area contributed by atoms with Crippen molar-refractivity contribution in [2.75, 3.05) is 11.5 Å². The van der Waals surface area contributed by atoms with Crippen molar-refractivity contribution >= 4 is 23.6 Å². The highest BCUT2D eigenvalue weighted by molar-refractivity contribution is 7.99. The van der Waals surface area contributed by atoms with E-state index in [0.717, 1.165) is 0 Å². The van der Waals surface area contributed by atoms with Gasteiger partial charge in [-0.05, 0) is 24.1 Å². The monoisotopic (exact) mass is 335 g/mol. The van der Waals surface area contributed by atoms with Crippen LogP contribution in [0.5, 0.6) is 0 Å². The molecule has 0 atom stereocenters. The van der Waals surface area contributed by atoms with E-state index >= 15 is 0 Å². The molecule has 0 bridgehead atoms. The fraction of sp³-hybridized carbons (Fsp3) is 0.267. The molecule has 0 aliphatic carbocycles. The van der Waals surface area contributed by atoms with Gasteiger partial charge in [0.05, 0.1) is 5.75 Å². The summed E-state index contributed by atoms with van der Waals surface area (Å²) in [6.07, 6.45) is 1.68. The molecule has 2 aromatic rings. The van der Waals surface area contributed by atoms with Gasteiger partial charge >= 0.3 is 0 Å². The lowest BCUT2D eigenvalue weighted by molar-refractivity contribution is -0.118. The molecule has 0 unspecified atom stereocenters. The zero-order valence-corrected chi connectivity index (χ0v) is 13.6. The van der Waals surface area contributed by atoms with Gasteiger partial charge < -0.3 is 11.1 Å². The summed E-state index contributed by atoms with van der Waals surface area (Å²) in [5.74, 6) is -0.00588. The molecule has 0 saturated heterocycles. The van der Waals surface area contributed by atoms with Crippen LogP contribution in [0.2, 0.25) is 0 Å². The number of aryl methyl sites for hydroxylation is 1. The van der Waals surface area contributed by atoms with E-state index < -0.39 is 0 Å². The molecule has 6 nitrogen and oxygen atoms in total. The van der Waals surface area contributed by atoms with Crippen molar-refractivity contribution in [3.63, 3.8) is 0 Å². The lowest BCUT2D eigenvalue weighted by Gasteiger charge is -2.07.